The highest BCUT2D eigenvalue weighted by atomic mass is 35.5. The zero-order valence-electron chi connectivity index (χ0n) is 10.9. The summed E-state index contributed by atoms with van der Waals surface area (Å²) in [5.41, 5.74) is 6.24. The molecule has 108 valence electrons. The summed E-state index contributed by atoms with van der Waals surface area (Å²) in [6.45, 7) is 0.397. The lowest BCUT2D eigenvalue weighted by molar-refractivity contribution is 0.387. The van der Waals surface area contributed by atoms with Crippen LogP contribution >= 0.6 is 11.6 Å². The van der Waals surface area contributed by atoms with E-state index in [4.69, 9.17) is 21.8 Å². The van der Waals surface area contributed by atoms with E-state index in [1.54, 1.807) is 30.3 Å². The van der Waals surface area contributed by atoms with Gasteiger partial charge in [-0.1, -0.05) is 23.7 Å². The van der Waals surface area contributed by atoms with Crippen LogP contribution in [0.25, 0.3) is 0 Å². The van der Waals surface area contributed by atoms with E-state index in [0.717, 1.165) is 5.56 Å². The summed E-state index contributed by atoms with van der Waals surface area (Å²) in [6, 6.07) is 9.97. The zero-order valence-corrected chi connectivity index (χ0v) is 12.5. The van der Waals surface area contributed by atoms with Crippen molar-refractivity contribution in [1.82, 2.24) is 4.31 Å². The summed E-state index contributed by atoms with van der Waals surface area (Å²) in [6.07, 6.45) is 0. The number of hydrogen-bond acceptors (Lipinski definition) is 4. The second-order valence-corrected chi connectivity index (χ2v) is 6.72. The third-order valence-electron chi connectivity index (χ3n) is 2.82. The van der Waals surface area contributed by atoms with Gasteiger partial charge in [0, 0.05) is 18.6 Å². The van der Waals surface area contributed by atoms with Crippen LogP contribution in [0.3, 0.4) is 0 Å². The fourth-order valence-electron chi connectivity index (χ4n) is 1.69. The summed E-state index contributed by atoms with van der Waals surface area (Å²) >= 11 is 5.79. The number of rotatable bonds is 5. The Morgan fingerprint density at radius 3 is 2.40 bits per heavy atom. The third-order valence-corrected chi connectivity index (χ3v) is 4.75. The van der Waals surface area contributed by atoms with Gasteiger partial charge in [-0.2, -0.15) is 4.31 Å². The summed E-state index contributed by atoms with van der Waals surface area (Å²) in [5, 5.41) is 0.507. The second-order valence-electron chi connectivity index (χ2n) is 4.31. The maximum Gasteiger partial charge on any atom is 0.276 e. The van der Waals surface area contributed by atoms with E-state index in [1.165, 1.54) is 17.4 Å². The Bertz CT molecular complexity index is 680. The Kier molecular flexibility index (Phi) is 4.49. The van der Waals surface area contributed by atoms with Gasteiger partial charge in [-0.15, -0.1) is 0 Å². The number of halogens is 1. The van der Waals surface area contributed by atoms with Crippen LogP contribution in [0.2, 0.25) is 5.02 Å². The van der Waals surface area contributed by atoms with Crippen LogP contribution in [-0.4, -0.2) is 19.8 Å². The van der Waals surface area contributed by atoms with Crippen molar-refractivity contribution in [3.8, 4) is 0 Å². The van der Waals surface area contributed by atoms with Crippen molar-refractivity contribution in [2.24, 2.45) is 5.73 Å². The van der Waals surface area contributed by atoms with E-state index in [2.05, 4.69) is 0 Å². The molecule has 1 heterocycles. The molecule has 5 nitrogen and oxygen atoms in total. The van der Waals surface area contributed by atoms with Gasteiger partial charge < -0.3 is 10.2 Å². The molecule has 20 heavy (non-hydrogen) atoms. The fourth-order valence-corrected chi connectivity index (χ4v) is 2.90. The Labute approximate surface area is 123 Å². The van der Waals surface area contributed by atoms with Gasteiger partial charge in [-0.25, -0.2) is 8.42 Å². The van der Waals surface area contributed by atoms with Crippen molar-refractivity contribution in [3.63, 3.8) is 0 Å². The van der Waals surface area contributed by atoms with E-state index >= 15 is 0 Å². The van der Waals surface area contributed by atoms with E-state index in [1.807, 2.05) is 0 Å². The number of nitrogens with two attached hydrogens (primary N) is 1. The number of benzene rings is 1. The van der Waals surface area contributed by atoms with Crippen LogP contribution in [0.15, 0.2) is 45.9 Å². The lowest BCUT2D eigenvalue weighted by Gasteiger charge is -2.15. The molecule has 0 aliphatic carbocycles. The van der Waals surface area contributed by atoms with Gasteiger partial charge in [0.25, 0.3) is 10.0 Å². The molecular weight excluding hydrogens is 300 g/mol. The standard InChI is InChI=1S/C13H15ClN2O3S/c1-16(9-10-2-4-11(14)5-3-10)20(17,18)13-7-6-12(8-15)19-13/h2-7H,8-9,15H2,1H3. The van der Waals surface area contributed by atoms with Crippen LogP contribution in [-0.2, 0) is 23.1 Å². The van der Waals surface area contributed by atoms with Crippen molar-refractivity contribution >= 4 is 21.6 Å². The highest BCUT2D eigenvalue weighted by Gasteiger charge is 2.24. The fraction of sp³-hybridized carbons (Fsp3) is 0.231. The van der Waals surface area contributed by atoms with Crippen LogP contribution in [0.4, 0.5) is 0 Å². The molecule has 0 radical (unpaired) electrons. The van der Waals surface area contributed by atoms with E-state index in [0.29, 0.717) is 10.8 Å². The van der Waals surface area contributed by atoms with Crippen molar-refractivity contribution in [3.05, 3.63) is 52.7 Å². The van der Waals surface area contributed by atoms with Gasteiger partial charge in [0.05, 0.1) is 6.54 Å². The molecule has 2 rings (SSSR count). The van der Waals surface area contributed by atoms with Crippen molar-refractivity contribution in [2.45, 2.75) is 18.2 Å². The Hall–Kier alpha value is -1.34. The van der Waals surface area contributed by atoms with Crippen LogP contribution < -0.4 is 5.73 Å². The Morgan fingerprint density at radius 2 is 1.85 bits per heavy atom. The summed E-state index contributed by atoms with van der Waals surface area (Å²) in [7, 11) is -2.16. The molecule has 2 N–H and O–H groups in total. The summed E-state index contributed by atoms with van der Waals surface area (Å²) in [5.74, 6) is 0.434. The van der Waals surface area contributed by atoms with Gasteiger partial charge in [0.2, 0.25) is 5.09 Å². The normalized spacial score (nSPS) is 12.0. The van der Waals surface area contributed by atoms with E-state index < -0.39 is 10.0 Å². The summed E-state index contributed by atoms with van der Waals surface area (Å²) in [4.78, 5) is 0. The maximum atomic E-state index is 12.3. The zero-order chi connectivity index (χ0) is 14.8. The lowest BCUT2D eigenvalue weighted by atomic mass is 10.2. The highest BCUT2D eigenvalue weighted by Crippen LogP contribution is 2.20. The first-order chi connectivity index (χ1) is 9.43. The second kappa shape index (κ2) is 5.97. The van der Waals surface area contributed by atoms with E-state index in [9.17, 15) is 8.42 Å². The van der Waals surface area contributed by atoms with Crippen LogP contribution in [0.5, 0.6) is 0 Å². The quantitative estimate of drug-likeness (QED) is 0.918. The van der Waals surface area contributed by atoms with E-state index in [-0.39, 0.29) is 18.2 Å². The highest BCUT2D eigenvalue weighted by molar-refractivity contribution is 7.88. The first-order valence-corrected chi connectivity index (χ1v) is 7.75. The average Bonchev–Trinajstić information content (AvgIpc) is 2.90. The van der Waals surface area contributed by atoms with Crippen molar-refractivity contribution in [2.75, 3.05) is 7.05 Å². The third kappa shape index (κ3) is 3.21. The van der Waals surface area contributed by atoms with Gasteiger partial charge in [0.1, 0.15) is 5.76 Å². The molecule has 0 unspecified atom stereocenters. The molecule has 7 heteroatoms. The largest absolute Gasteiger partial charge is 0.447 e. The molecule has 1 aromatic carbocycles. The van der Waals surface area contributed by atoms with Crippen molar-refractivity contribution < 1.29 is 12.8 Å². The molecule has 0 spiro atoms. The molecule has 0 atom stereocenters. The molecule has 0 saturated carbocycles. The van der Waals surface area contributed by atoms with Gasteiger partial charge in [0.15, 0.2) is 0 Å². The minimum atomic E-state index is -3.66. The molecule has 2 aromatic rings. The number of sulfonamides is 1. The SMILES string of the molecule is CN(Cc1ccc(Cl)cc1)S(=O)(=O)c1ccc(CN)o1. The molecule has 0 aliphatic heterocycles. The van der Waals surface area contributed by atoms with Gasteiger partial charge >= 0.3 is 0 Å². The van der Waals surface area contributed by atoms with Crippen molar-refractivity contribution in [1.29, 1.82) is 0 Å². The molecule has 0 saturated heterocycles. The Morgan fingerprint density at radius 1 is 1.20 bits per heavy atom. The monoisotopic (exact) mass is 314 g/mol. The van der Waals surface area contributed by atoms with Crippen LogP contribution in [0, 0.1) is 0 Å². The molecular formula is C13H15ClN2O3S. The maximum absolute atomic E-state index is 12.3. The number of hydrogen-bond donors (Lipinski definition) is 1. The predicted octanol–water partition coefficient (Wildman–Crippen LogP) is 2.21. The first-order valence-electron chi connectivity index (χ1n) is 5.93. The first kappa shape index (κ1) is 15.1. The smallest absolute Gasteiger partial charge is 0.276 e. The number of nitrogens with zero attached hydrogens (tertiary/aromatic N) is 1. The molecule has 1 aromatic heterocycles. The van der Waals surface area contributed by atoms with Gasteiger partial charge in [-0.05, 0) is 29.8 Å². The molecule has 0 aliphatic rings. The molecule has 0 bridgehead atoms. The molecule has 0 amide bonds. The lowest BCUT2D eigenvalue weighted by Crippen LogP contribution is -2.26. The molecule has 0 fully saturated rings. The number of furan rings is 1. The Balaban J connectivity index is 2.18. The van der Waals surface area contributed by atoms with Gasteiger partial charge in [-0.3, -0.25) is 0 Å². The minimum Gasteiger partial charge on any atom is -0.447 e. The minimum absolute atomic E-state index is 0.102. The van der Waals surface area contributed by atoms with Crippen LogP contribution in [0.1, 0.15) is 11.3 Å². The predicted molar refractivity (Wildman–Crippen MR) is 76.7 cm³/mol. The topological polar surface area (TPSA) is 76.5 Å². The summed E-state index contributed by atoms with van der Waals surface area (Å²) < 4.78 is 31.0. The average molecular weight is 315 g/mol.